The fourth-order valence-corrected chi connectivity index (χ4v) is 5.63. The third-order valence-corrected chi connectivity index (χ3v) is 7.48. The van der Waals surface area contributed by atoms with Gasteiger partial charge in [-0.15, -0.1) is 11.3 Å². The maximum Gasteiger partial charge on any atom is 0.261 e. The summed E-state index contributed by atoms with van der Waals surface area (Å²) in [4.78, 5) is 25.6. The molecule has 3 heterocycles. The molecule has 7 heteroatoms. The van der Waals surface area contributed by atoms with Crippen molar-refractivity contribution in [1.29, 1.82) is 0 Å². The highest BCUT2D eigenvalue weighted by atomic mass is 32.1. The van der Waals surface area contributed by atoms with Crippen molar-refractivity contribution >= 4 is 22.2 Å². The van der Waals surface area contributed by atoms with E-state index in [1.807, 2.05) is 28.8 Å². The summed E-state index contributed by atoms with van der Waals surface area (Å²) in [6.45, 7) is 4.20. The molecule has 1 fully saturated rings. The first-order chi connectivity index (χ1) is 16.2. The fraction of sp³-hybridized carbons (Fsp3) is 0.346. The van der Waals surface area contributed by atoms with Crippen LogP contribution in [0.5, 0.6) is 0 Å². The van der Waals surface area contributed by atoms with Gasteiger partial charge in [-0.2, -0.15) is 0 Å². The van der Waals surface area contributed by atoms with Crippen LogP contribution < -0.4 is 5.56 Å². The van der Waals surface area contributed by atoms with Crippen LogP contribution in [0.1, 0.15) is 28.4 Å². The van der Waals surface area contributed by atoms with Crippen molar-refractivity contribution in [2.24, 2.45) is 0 Å². The number of nitrogens with zero attached hydrogens (tertiary/aromatic N) is 4. The molecule has 0 bridgehead atoms. The van der Waals surface area contributed by atoms with Crippen molar-refractivity contribution in [3.8, 4) is 11.3 Å². The molecule has 0 unspecified atom stereocenters. The Labute approximate surface area is 196 Å². The molecule has 4 aromatic rings. The zero-order chi connectivity index (χ0) is 22.2. The number of benzene rings is 2. The first-order valence-corrected chi connectivity index (χ1v) is 12.5. The second kappa shape index (κ2) is 8.82. The van der Waals surface area contributed by atoms with Gasteiger partial charge < -0.3 is 4.74 Å². The zero-order valence-electron chi connectivity index (χ0n) is 18.5. The average molecular weight is 459 g/mol. The third kappa shape index (κ3) is 4.12. The van der Waals surface area contributed by atoms with Crippen molar-refractivity contribution in [2.75, 3.05) is 26.3 Å². The van der Waals surface area contributed by atoms with E-state index in [0.29, 0.717) is 31.7 Å². The number of morpholine rings is 1. The van der Waals surface area contributed by atoms with Gasteiger partial charge in [-0.05, 0) is 48.6 Å². The molecule has 168 valence electrons. The second-order valence-corrected chi connectivity index (χ2v) is 9.73. The predicted molar refractivity (Wildman–Crippen MR) is 131 cm³/mol. The molecule has 1 aliphatic carbocycles. The Kier molecular flexibility index (Phi) is 5.54. The summed E-state index contributed by atoms with van der Waals surface area (Å²) in [6.07, 6.45) is 3.58. The molecule has 6 nitrogen and oxygen atoms in total. The minimum absolute atomic E-state index is 0.00172. The van der Waals surface area contributed by atoms with Gasteiger partial charge in [-0.3, -0.25) is 14.3 Å². The number of hydrogen-bond acceptors (Lipinski definition) is 6. The third-order valence-electron chi connectivity index (χ3n) is 6.65. The summed E-state index contributed by atoms with van der Waals surface area (Å²) < 4.78 is 7.30. The molecule has 0 N–H and O–H groups in total. The molecule has 33 heavy (non-hydrogen) atoms. The lowest BCUT2D eigenvalue weighted by Gasteiger charge is -2.27. The molecule has 2 aromatic carbocycles. The normalized spacial score (nSPS) is 16.4. The van der Waals surface area contributed by atoms with E-state index in [-0.39, 0.29) is 5.56 Å². The summed E-state index contributed by atoms with van der Waals surface area (Å²) in [5.41, 5.74) is 5.82. The summed E-state index contributed by atoms with van der Waals surface area (Å²) in [5.74, 6) is 0.787. The molecule has 0 spiro atoms. The van der Waals surface area contributed by atoms with E-state index in [2.05, 4.69) is 28.5 Å². The van der Waals surface area contributed by atoms with Crippen molar-refractivity contribution in [3.05, 3.63) is 80.2 Å². The summed E-state index contributed by atoms with van der Waals surface area (Å²) in [7, 11) is 0. The first-order valence-electron chi connectivity index (χ1n) is 11.6. The van der Waals surface area contributed by atoms with Gasteiger partial charge in [0.05, 0.1) is 42.9 Å². The standard InChI is InChI=1S/C26H26N4O2S/c31-26-21-6-1-2-7-22(21)27-24(15-29-10-12-32-13-11-29)30(26)16-25-28-23(17-33-25)20-9-8-18-4-3-5-19(18)14-20/h1-2,6-9,14,17H,3-5,10-13,15-16H2. The van der Waals surface area contributed by atoms with Crippen LogP contribution in [0.3, 0.4) is 0 Å². The number of fused-ring (bicyclic) bond motifs is 2. The minimum atomic E-state index is -0.00172. The van der Waals surface area contributed by atoms with Gasteiger partial charge in [0, 0.05) is 24.0 Å². The Hall–Kier alpha value is -2.87. The van der Waals surface area contributed by atoms with Gasteiger partial charge in [0.25, 0.3) is 5.56 Å². The van der Waals surface area contributed by atoms with Crippen LogP contribution >= 0.6 is 11.3 Å². The summed E-state index contributed by atoms with van der Waals surface area (Å²) >= 11 is 1.61. The predicted octanol–water partition coefficient (Wildman–Crippen LogP) is 3.89. The zero-order valence-corrected chi connectivity index (χ0v) is 19.3. The number of para-hydroxylation sites is 1. The van der Waals surface area contributed by atoms with E-state index in [4.69, 9.17) is 14.7 Å². The molecule has 6 rings (SSSR count). The molecule has 2 aromatic heterocycles. The highest BCUT2D eigenvalue weighted by molar-refractivity contribution is 7.09. The Bertz CT molecular complexity index is 1370. The van der Waals surface area contributed by atoms with E-state index >= 15 is 0 Å². The number of aromatic nitrogens is 3. The van der Waals surface area contributed by atoms with Gasteiger partial charge in [-0.25, -0.2) is 9.97 Å². The van der Waals surface area contributed by atoms with E-state index in [1.165, 1.54) is 24.0 Å². The summed E-state index contributed by atoms with van der Waals surface area (Å²) in [5, 5.41) is 3.68. The van der Waals surface area contributed by atoms with Crippen LogP contribution in [0.2, 0.25) is 0 Å². The highest BCUT2D eigenvalue weighted by Crippen LogP contribution is 2.29. The van der Waals surface area contributed by atoms with Crippen LogP contribution in [-0.2, 0) is 30.7 Å². The van der Waals surface area contributed by atoms with Crippen LogP contribution in [0.25, 0.3) is 22.2 Å². The van der Waals surface area contributed by atoms with Crippen molar-refractivity contribution in [1.82, 2.24) is 19.4 Å². The monoisotopic (exact) mass is 458 g/mol. The Morgan fingerprint density at radius 2 is 1.82 bits per heavy atom. The Morgan fingerprint density at radius 1 is 0.970 bits per heavy atom. The van der Waals surface area contributed by atoms with E-state index < -0.39 is 0 Å². The molecule has 0 atom stereocenters. The second-order valence-electron chi connectivity index (χ2n) is 8.79. The van der Waals surface area contributed by atoms with Crippen molar-refractivity contribution < 1.29 is 4.74 Å². The molecular formula is C26H26N4O2S. The largest absolute Gasteiger partial charge is 0.379 e. The minimum Gasteiger partial charge on any atom is -0.379 e. The van der Waals surface area contributed by atoms with E-state index in [9.17, 15) is 4.79 Å². The summed E-state index contributed by atoms with van der Waals surface area (Å²) in [6, 6.07) is 14.3. The first kappa shape index (κ1) is 20.7. The van der Waals surface area contributed by atoms with Gasteiger partial charge >= 0.3 is 0 Å². The van der Waals surface area contributed by atoms with E-state index in [0.717, 1.165) is 47.1 Å². The number of hydrogen-bond donors (Lipinski definition) is 0. The maximum atomic E-state index is 13.5. The fourth-order valence-electron chi connectivity index (χ4n) is 4.84. The average Bonchev–Trinajstić information content (AvgIpc) is 3.51. The maximum absolute atomic E-state index is 13.5. The number of thiazole rings is 1. The lowest BCUT2D eigenvalue weighted by atomic mass is 10.1. The smallest absolute Gasteiger partial charge is 0.261 e. The van der Waals surface area contributed by atoms with Gasteiger partial charge in [0.2, 0.25) is 0 Å². The molecular weight excluding hydrogens is 432 g/mol. The number of ether oxygens (including phenoxy) is 1. The Balaban J connectivity index is 1.34. The van der Waals surface area contributed by atoms with E-state index in [1.54, 1.807) is 11.3 Å². The topological polar surface area (TPSA) is 60.3 Å². The lowest BCUT2D eigenvalue weighted by Crippen LogP contribution is -2.38. The quantitative estimate of drug-likeness (QED) is 0.454. The highest BCUT2D eigenvalue weighted by Gasteiger charge is 2.18. The molecule has 0 radical (unpaired) electrons. The molecule has 1 saturated heterocycles. The molecule has 2 aliphatic rings. The SMILES string of the molecule is O=c1c2ccccc2nc(CN2CCOCC2)n1Cc1nc(-c2ccc3c(c2)CCC3)cs1. The van der Waals surface area contributed by atoms with Crippen LogP contribution in [0, 0.1) is 0 Å². The van der Waals surface area contributed by atoms with Crippen LogP contribution in [0.4, 0.5) is 0 Å². The Morgan fingerprint density at radius 3 is 2.73 bits per heavy atom. The van der Waals surface area contributed by atoms with Crippen molar-refractivity contribution in [2.45, 2.75) is 32.4 Å². The van der Waals surface area contributed by atoms with Gasteiger partial charge in [-0.1, -0.05) is 24.3 Å². The lowest BCUT2D eigenvalue weighted by molar-refractivity contribution is 0.0325. The van der Waals surface area contributed by atoms with Gasteiger partial charge in [0.15, 0.2) is 0 Å². The van der Waals surface area contributed by atoms with Crippen LogP contribution in [0.15, 0.2) is 52.6 Å². The van der Waals surface area contributed by atoms with Gasteiger partial charge in [0.1, 0.15) is 10.8 Å². The molecule has 1 aliphatic heterocycles. The number of aryl methyl sites for hydroxylation is 2. The number of rotatable bonds is 5. The molecule has 0 saturated carbocycles. The van der Waals surface area contributed by atoms with Crippen LogP contribution in [-0.4, -0.2) is 45.7 Å². The molecule has 0 amide bonds. The van der Waals surface area contributed by atoms with Crippen molar-refractivity contribution in [3.63, 3.8) is 0 Å².